The zero-order valence-corrected chi connectivity index (χ0v) is 17.3. The van der Waals surface area contributed by atoms with Crippen molar-refractivity contribution in [1.82, 2.24) is 10.0 Å². The van der Waals surface area contributed by atoms with Gasteiger partial charge in [-0.05, 0) is 41.8 Å². The summed E-state index contributed by atoms with van der Waals surface area (Å²) in [6.07, 6.45) is 5.10. The van der Waals surface area contributed by atoms with E-state index in [-0.39, 0.29) is 29.0 Å². The summed E-state index contributed by atoms with van der Waals surface area (Å²) >= 11 is 0. The van der Waals surface area contributed by atoms with E-state index in [9.17, 15) is 13.2 Å². The number of hydrogen-bond acceptors (Lipinski definition) is 3. The Balaban J connectivity index is 1.72. The van der Waals surface area contributed by atoms with E-state index in [0.29, 0.717) is 0 Å². The van der Waals surface area contributed by atoms with Gasteiger partial charge in [0.2, 0.25) is 10.0 Å². The highest BCUT2D eigenvalue weighted by Crippen LogP contribution is 2.22. The highest BCUT2D eigenvalue weighted by atomic mass is 32.2. The van der Waals surface area contributed by atoms with Crippen LogP contribution >= 0.6 is 0 Å². The van der Waals surface area contributed by atoms with Crippen molar-refractivity contribution in [2.45, 2.75) is 17.9 Å². The van der Waals surface area contributed by atoms with Gasteiger partial charge in [0.05, 0.1) is 17.5 Å². The summed E-state index contributed by atoms with van der Waals surface area (Å²) in [6.45, 7) is 1.76. The fourth-order valence-corrected chi connectivity index (χ4v) is 3.96. The van der Waals surface area contributed by atoms with E-state index in [2.05, 4.69) is 16.0 Å². The molecule has 0 saturated carbocycles. The molecule has 0 bridgehead atoms. The number of nitrogens with one attached hydrogen (secondary N) is 2. The Labute approximate surface area is 177 Å². The van der Waals surface area contributed by atoms with Crippen LogP contribution in [-0.4, -0.2) is 20.9 Å². The van der Waals surface area contributed by atoms with Gasteiger partial charge in [-0.25, -0.2) is 8.42 Å². The van der Waals surface area contributed by atoms with E-state index in [4.69, 9.17) is 6.42 Å². The van der Waals surface area contributed by atoms with E-state index in [1.807, 2.05) is 61.5 Å². The number of carbonyl (C=O) groups is 1. The van der Waals surface area contributed by atoms with Gasteiger partial charge in [-0.2, -0.15) is 4.72 Å². The smallest absolute Gasteiger partial charge is 0.251 e. The summed E-state index contributed by atoms with van der Waals surface area (Å²) in [5.41, 5.74) is 3.42. The van der Waals surface area contributed by atoms with Crippen LogP contribution in [0.25, 0.3) is 11.1 Å². The third kappa shape index (κ3) is 5.15. The molecule has 3 aromatic carbocycles. The molecule has 30 heavy (non-hydrogen) atoms. The van der Waals surface area contributed by atoms with Gasteiger partial charge in [-0.1, -0.05) is 66.6 Å². The van der Waals surface area contributed by atoms with Crippen LogP contribution in [-0.2, 0) is 10.0 Å². The van der Waals surface area contributed by atoms with Crippen LogP contribution in [0.3, 0.4) is 0 Å². The Morgan fingerprint density at radius 3 is 2.30 bits per heavy atom. The summed E-state index contributed by atoms with van der Waals surface area (Å²) in [6, 6.07) is 23.6. The molecular formula is C24H22N2O3S. The van der Waals surface area contributed by atoms with Gasteiger partial charge in [-0.15, -0.1) is 6.42 Å². The number of benzene rings is 3. The van der Waals surface area contributed by atoms with Crippen LogP contribution in [0.4, 0.5) is 0 Å². The van der Waals surface area contributed by atoms with Crippen molar-refractivity contribution in [1.29, 1.82) is 0 Å². The molecule has 6 heteroatoms. The van der Waals surface area contributed by atoms with Crippen molar-refractivity contribution in [3.05, 3.63) is 90.0 Å². The summed E-state index contributed by atoms with van der Waals surface area (Å²) in [5, 5.41) is 2.91. The van der Waals surface area contributed by atoms with Crippen molar-refractivity contribution >= 4 is 15.9 Å². The topological polar surface area (TPSA) is 75.3 Å². The molecule has 0 fully saturated rings. The molecule has 0 aliphatic heterocycles. The van der Waals surface area contributed by atoms with E-state index < -0.39 is 10.0 Å². The van der Waals surface area contributed by atoms with Crippen molar-refractivity contribution in [2.75, 3.05) is 6.54 Å². The van der Waals surface area contributed by atoms with Crippen LogP contribution in [0.15, 0.2) is 83.8 Å². The fraction of sp³-hybridized carbons (Fsp3) is 0.125. The van der Waals surface area contributed by atoms with Crippen molar-refractivity contribution < 1.29 is 13.2 Å². The van der Waals surface area contributed by atoms with Gasteiger partial charge >= 0.3 is 0 Å². The lowest BCUT2D eigenvalue weighted by Crippen LogP contribution is -2.27. The van der Waals surface area contributed by atoms with E-state index in [1.165, 1.54) is 18.2 Å². The van der Waals surface area contributed by atoms with E-state index in [1.54, 1.807) is 6.07 Å². The van der Waals surface area contributed by atoms with Gasteiger partial charge < -0.3 is 5.32 Å². The molecule has 1 atom stereocenters. The van der Waals surface area contributed by atoms with Gasteiger partial charge in [0.15, 0.2) is 0 Å². The second-order valence-electron chi connectivity index (χ2n) is 6.74. The molecule has 0 spiro atoms. The summed E-state index contributed by atoms with van der Waals surface area (Å²) in [7, 11) is -3.76. The first kappa shape index (κ1) is 21.3. The number of terminal acetylenes is 1. The number of carbonyl (C=O) groups excluding carboxylic acids is 1. The lowest BCUT2D eigenvalue weighted by Gasteiger charge is -2.15. The highest BCUT2D eigenvalue weighted by molar-refractivity contribution is 7.89. The predicted octanol–water partition coefficient (Wildman–Crippen LogP) is 3.76. The van der Waals surface area contributed by atoms with Crippen LogP contribution in [0.2, 0.25) is 0 Å². The quantitative estimate of drug-likeness (QED) is 0.574. The second-order valence-corrected chi connectivity index (χ2v) is 8.51. The number of rotatable bonds is 7. The maximum Gasteiger partial charge on any atom is 0.251 e. The monoisotopic (exact) mass is 418 g/mol. The Kier molecular flexibility index (Phi) is 6.68. The second kappa shape index (κ2) is 9.40. The van der Waals surface area contributed by atoms with Crippen LogP contribution in [0.1, 0.15) is 28.9 Å². The van der Waals surface area contributed by atoms with Crippen LogP contribution in [0.5, 0.6) is 0 Å². The number of amides is 1. The first-order valence-electron chi connectivity index (χ1n) is 9.40. The molecule has 2 N–H and O–H groups in total. The minimum atomic E-state index is -3.76. The Bertz CT molecular complexity index is 1170. The Morgan fingerprint density at radius 1 is 0.967 bits per heavy atom. The Hall–Kier alpha value is -3.40. The molecular weight excluding hydrogens is 396 g/mol. The molecule has 0 heterocycles. The SMILES string of the molecule is C#CCNS(=O)(=O)c1cccc(C(=O)N[C@H](C)c2ccc(-c3ccccc3)cc2)c1. The molecule has 1 amide bonds. The first-order chi connectivity index (χ1) is 14.4. The molecule has 0 radical (unpaired) electrons. The molecule has 3 aromatic rings. The van der Waals surface area contributed by atoms with Crippen LogP contribution < -0.4 is 10.0 Å². The molecule has 0 aromatic heterocycles. The zero-order chi connectivity index (χ0) is 21.6. The average Bonchev–Trinajstić information content (AvgIpc) is 2.78. The predicted molar refractivity (Wildman–Crippen MR) is 118 cm³/mol. The first-order valence-corrected chi connectivity index (χ1v) is 10.9. The summed E-state index contributed by atoms with van der Waals surface area (Å²) < 4.78 is 26.7. The number of hydrogen-bond donors (Lipinski definition) is 2. The highest BCUT2D eigenvalue weighted by Gasteiger charge is 2.17. The maximum atomic E-state index is 12.7. The zero-order valence-electron chi connectivity index (χ0n) is 16.5. The van der Waals surface area contributed by atoms with Gasteiger partial charge in [-0.3, -0.25) is 4.79 Å². The molecule has 152 valence electrons. The molecule has 5 nitrogen and oxygen atoms in total. The van der Waals surface area contributed by atoms with E-state index in [0.717, 1.165) is 16.7 Å². The average molecular weight is 419 g/mol. The molecule has 3 rings (SSSR count). The largest absolute Gasteiger partial charge is 0.346 e. The minimum absolute atomic E-state index is 0.00901. The molecule has 0 aliphatic rings. The van der Waals surface area contributed by atoms with Gasteiger partial charge in [0, 0.05) is 5.56 Å². The molecule has 0 aliphatic carbocycles. The van der Waals surface area contributed by atoms with Crippen LogP contribution in [0, 0.1) is 12.3 Å². The normalized spacial score (nSPS) is 12.0. The Morgan fingerprint density at radius 2 is 1.63 bits per heavy atom. The third-order valence-electron chi connectivity index (χ3n) is 4.64. The summed E-state index contributed by atoms with van der Waals surface area (Å²) in [5.74, 6) is 1.86. The third-order valence-corrected chi connectivity index (χ3v) is 6.04. The van der Waals surface area contributed by atoms with Crippen molar-refractivity contribution in [2.24, 2.45) is 0 Å². The van der Waals surface area contributed by atoms with Gasteiger partial charge in [0.25, 0.3) is 5.91 Å². The maximum absolute atomic E-state index is 12.7. The molecule has 0 saturated heterocycles. The fourth-order valence-electron chi connectivity index (χ4n) is 2.98. The standard InChI is InChI=1S/C24H22N2O3S/c1-3-16-25-30(28,29)23-11-7-10-22(17-23)24(27)26-18(2)19-12-14-21(15-13-19)20-8-5-4-6-9-20/h1,4-15,17-18,25H,16H2,2H3,(H,26,27)/t18-/m1/s1. The van der Waals surface area contributed by atoms with Crippen molar-refractivity contribution in [3.8, 4) is 23.5 Å². The summed E-state index contributed by atoms with van der Waals surface area (Å²) in [4.78, 5) is 12.6. The minimum Gasteiger partial charge on any atom is -0.346 e. The number of sulfonamides is 1. The lowest BCUT2D eigenvalue weighted by atomic mass is 10.0. The van der Waals surface area contributed by atoms with E-state index >= 15 is 0 Å². The van der Waals surface area contributed by atoms with Gasteiger partial charge in [0.1, 0.15) is 0 Å². The molecule has 0 unspecified atom stereocenters. The lowest BCUT2D eigenvalue weighted by molar-refractivity contribution is 0.0939. The van der Waals surface area contributed by atoms with Crippen molar-refractivity contribution in [3.63, 3.8) is 0 Å².